The average Bonchev–Trinajstić information content (AvgIpc) is 2.43. The molecular formula is C17H26O. The first-order valence-corrected chi connectivity index (χ1v) is 7.51. The summed E-state index contributed by atoms with van der Waals surface area (Å²) < 4.78 is 5.78. The Hall–Kier alpha value is -0.820. The normalized spacial score (nSPS) is 16.3. The molecule has 0 saturated carbocycles. The van der Waals surface area contributed by atoms with E-state index in [2.05, 4.69) is 32.0 Å². The lowest BCUT2D eigenvalue weighted by Gasteiger charge is -2.23. The van der Waals surface area contributed by atoms with Gasteiger partial charge in [-0.2, -0.15) is 0 Å². The van der Waals surface area contributed by atoms with Crippen LogP contribution in [0.1, 0.15) is 62.1 Å². The van der Waals surface area contributed by atoms with Gasteiger partial charge in [-0.05, 0) is 48.8 Å². The van der Waals surface area contributed by atoms with Gasteiger partial charge in [-0.25, -0.2) is 0 Å². The molecule has 0 aromatic heterocycles. The summed E-state index contributed by atoms with van der Waals surface area (Å²) in [5.41, 5.74) is 4.73. The molecule has 0 bridgehead atoms. The Morgan fingerprint density at radius 2 is 2.06 bits per heavy atom. The molecule has 100 valence electrons. The molecule has 1 aliphatic rings. The molecule has 0 amide bonds. The highest BCUT2D eigenvalue weighted by Gasteiger charge is 2.16. The van der Waals surface area contributed by atoms with Crippen molar-refractivity contribution in [3.63, 3.8) is 0 Å². The van der Waals surface area contributed by atoms with E-state index in [1.807, 2.05) is 0 Å². The van der Waals surface area contributed by atoms with Crippen molar-refractivity contribution in [1.29, 1.82) is 0 Å². The molecule has 0 fully saturated rings. The van der Waals surface area contributed by atoms with E-state index >= 15 is 0 Å². The zero-order chi connectivity index (χ0) is 12.8. The van der Waals surface area contributed by atoms with E-state index in [0.717, 1.165) is 13.2 Å². The van der Waals surface area contributed by atoms with E-state index < -0.39 is 0 Å². The molecule has 0 aliphatic heterocycles. The van der Waals surface area contributed by atoms with Gasteiger partial charge in [0.05, 0.1) is 6.61 Å². The van der Waals surface area contributed by atoms with Crippen LogP contribution in [0.2, 0.25) is 0 Å². The molecule has 0 saturated heterocycles. The Balaban J connectivity index is 1.99. The minimum atomic E-state index is 0.537. The van der Waals surface area contributed by atoms with Crippen molar-refractivity contribution in [3.05, 3.63) is 34.9 Å². The fourth-order valence-electron chi connectivity index (χ4n) is 2.87. The van der Waals surface area contributed by atoms with Gasteiger partial charge in [-0.15, -0.1) is 0 Å². The van der Waals surface area contributed by atoms with Crippen molar-refractivity contribution in [2.24, 2.45) is 0 Å². The summed E-state index contributed by atoms with van der Waals surface area (Å²) in [6, 6.07) is 6.84. The number of unbranched alkanes of at least 4 members (excludes halogenated alkanes) is 1. The Labute approximate surface area is 112 Å². The number of aryl methyl sites for hydroxylation is 1. The first kappa shape index (κ1) is 13.6. The third-order valence-corrected chi connectivity index (χ3v) is 3.97. The molecular weight excluding hydrogens is 220 g/mol. The van der Waals surface area contributed by atoms with Crippen molar-refractivity contribution in [3.8, 4) is 0 Å². The van der Waals surface area contributed by atoms with Crippen LogP contribution >= 0.6 is 0 Å². The monoisotopic (exact) mass is 246 g/mol. The third kappa shape index (κ3) is 3.35. The Bertz CT molecular complexity index is 370. The van der Waals surface area contributed by atoms with E-state index in [-0.39, 0.29) is 0 Å². The zero-order valence-corrected chi connectivity index (χ0v) is 11.9. The number of benzene rings is 1. The van der Waals surface area contributed by atoms with Gasteiger partial charge >= 0.3 is 0 Å². The van der Waals surface area contributed by atoms with Crippen molar-refractivity contribution in [2.75, 3.05) is 13.2 Å². The predicted molar refractivity (Wildman–Crippen MR) is 77.2 cm³/mol. The predicted octanol–water partition coefficient (Wildman–Crippen LogP) is 4.49. The highest BCUT2D eigenvalue weighted by atomic mass is 16.5. The molecule has 0 N–H and O–H groups in total. The van der Waals surface area contributed by atoms with Crippen LogP contribution in [0.3, 0.4) is 0 Å². The number of hydrogen-bond acceptors (Lipinski definition) is 1. The highest BCUT2D eigenvalue weighted by Crippen LogP contribution is 2.29. The van der Waals surface area contributed by atoms with Crippen molar-refractivity contribution < 1.29 is 4.74 Å². The topological polar surface area (TPSA) is 9.23 Å². The van der Waals surface area contributed by atoms with Crippen LogP contribution in [0, 0.1) is 0 Å². The van der Waals surface area contributed by atoms with E-state index in [1.165, 1.54) is 44.1 Å². The second-order valence-corrected chi connectivity index (χ2v) is 5.52. The smallest absolute Gasteiger partial charge is 0.0532 e. The second kappa shape index (κ2) is 6.94. The summed E-state index contributed by atoms with van der Waals surface area (Å²) in [5.74, 6) is 0.537. The van der Waals surface area contributed by atoms with Gasteiger partial charge in [0.2, 0.25) is 0 Å². The minimum Gasteiger partial charge on any atom is -0.381 e. The summed E-state index contributed by atoms with van der Waals surface area (Å²) in [7, 11) is 0. The van der Waals surface area contributed by atoms with Crippen molar-refractivity contribution >= 4 is 0 Å². The van der Waals surface area contributed by atoms with E-state index in [9.17, 15) is 0 Å². The average molecular weight is 246 g/mol. The summed E-state index contributed by atoms with van der Waals surface area (Å²) in [6.07, 6.45) is 7.65. The highest BCUT2D eigenvalue weighted by molar-refractivity contribution is 5.38. The van der Waals surface area contributed by atoms with Crippen molar-refractivity contribution in [1.82, 2.24) is 0 Å². The summed E-state index contributed by atoms with van der Waals surface area (Å²) in [5, 5.41) is 0. The molecule has 1 heteroatoms. The van der Waals surface area contributed by atoms with E-state index in [0.29, 0.717) is 5.92 Å². The fraction of sp³-hybridized carbons (Fsp3) is 0.647. The molecule has 1 aromatic rings. The zero-order valence-electron chi connectivity index (χ0n) is 11.9. The van der Waals surface area contributed by atoms with Gasteiger partial charge in [0.25, 0.3) is 0 Å². The molecule has 1 unspecified atom stereocenters. The SMILES string of the molecule is CCCCOCC(C)c1cccc2c1CCCC2. The maximum atomic E-state index is 5.78. The second-order valence-electron chi connectivity index (χ2n) is 5.52. The lowest BCUT2D eigenvalue weighted by Crippen LogP contribution is -2.12. The summed E-state index contributed by atoms with van der Waals surface area (Å²) >= 11 is 0. The molecule has 0 radical (unpaired) electrons. The maximum Gasteiger partial charge on any atom is 0.0532 e. The first-order valence-electron chi connectivity index (χ1n) is 7.51. The largest absolute Gasteiger partial charge is 0.381 e. The number of fused-ring (bicyclic) bond motifs is 1. The lowest BCUT2D eigenvalue weighted by atomic mass is 9.84. The van der Waals surface area contributed by atoms with Crippen LogP contribution < -0.4 is 0 Å². The van der Waals surface area contributed by atoms with Gasteiger partial charge < -0.3 is 4.74 Å². The first-order chi connectivity index (χ1) is 8.83. The lowest BCUT2D eigenvalue weighted by molar-refractivity contribution is 0.120. The Morgan fingerprint density at radius 1 is 1.22 bits per heavy atom. The van der Waals surface area contributed by atoms with Crippen molar-refractivity contribution in [2.45, 2.75) is 58.3 Å². The standard InChI is InChI=1S/C17H26O/c1-3-4-12-18-13-14(2)16-11-7-9-15-8-5-6-10-17(15)16/h7,9,11,14H,3-6,8,10,12-13H2,1-2H3. The summed E-state index contributed by atoms with van der Waals surface area (Å²) in [4.78, 5) is 0. The van der Waals surface area contributed by atoms with Gasteiger partial charge in [0.15, 0.2) is 0 Å². The Morgan fingerprint density at radius 3 is 2.89 bits per heavy atom. The van der Waals surface area contributed by atoms with E-state index in [1.54, 1.807) is 11.1 Å². The van der Waals surface area contributed by atoms with Gasteiger partial charge in [0.1, 0.15) is 0 Å². The fourth-order valence-corrected chi connectivity index (χ4v) is 2.87. The van der Waals surface area contributed by atoms with Crippen LogP contribution in [-0.2, 0) is 17.6 Å². The van der Waals surface area contributed by atoms with Crippen LogP contribution in [0.5, 0.6) is 0 Å². The van der Waals surface area contributed by atoms with Crippen LogP contribution in [0.15, 0.2) is 18.2 Å². The molecule has 0 spiro atoms. The summed E-state index contributed by atoms with van der Waals surface area (Å²) in [6.45, 7) is 6.29. The molecule has 0 heterocycles. The number of ether oxygens (including phenoxy) is 1. The molecule has 1 nitrogen and oxygen atoms in total. The number of hydrogen-bond donors (Lipinski definition) is 0. The van der Waals surface area contributed by atoms with Crippen LogP contribution in [0.25, 0.3) is 0 Å². The van der Waals surface area contributed by atoms with Gasteiger partial charge in [-0.1, -0.05) is 38.5 Å². The van der Waals surface area contributed by atoms with Gasteiger partial charge in [-0.3, -0.25) is 0 Å². The molecule has 1 aliphatic carbocycles. The Kier molecular flexibility index (Phi) is 5.25. The minimum absolute atomic E-state index is 0.537. The maximum absolute atomic E-state index is 5.78. The van der Waals surface area contributed by atoms with Crippen LogP contribution in [-0.4, -0.2) is 13.2 Å². The molecule has 18 heavy (non-hydrogen) atoms. The molecule has 1 atom stereocenters. The molecule has 1 aromatic carbocycles. The van der Waals surface area contributed by atoms with Crippen LogP contribution in [0.4, 0.5) is 0 Å². The quantitative estimate of drug-likeness (QED) is 0.672. The third-order valence-electron chi connectivity index (χ3n) is 3.97. The van der Waals surface area contributed by atoms with Gasteiger partial charge in [0, 0.05) is 12.5 Å². The molecule has 2 rings (SSSR count). The van der Waals surface area contributed by atoms with E-state index in [4.69, 9.17) is 4.74 Å². The number of rotatable bonds is 6.